The van der Waals surface area contributed by atoms with Crippen molar-refractivity contribution in [2.45, 2.75) is 73.6 Å². The van der Waals surface area contributed by atoms with E-state index in [4.69, 9.17) is 19.3 Å². The Bertz CT molecular complexity index is 472. The maximum Gasteiger partial charge on any atom is 0.186 e. The number of aliphatic hydroxyl groups excluding tert-OH is 8. The molecule has 0 aromatic heterocycles. The van der Waals surface area contributed by atoms with Crippen molar-refractivity contribution in [2.75, 3.05) is 26.9 Å². The van der Waals surface area contributed by atoms with E-state index in [-0.39, 0.29) is 13.0 Å². The molecule has 0 spiro atoms. The molecule has 0 aromatic rings. The quantitative estimate of drug-likeness (QED) is 0.165. The molecule has 2 aliphatic rings. The van der Waals surface area contributed by atoms with Gasteiger partial charge in [-0.15, -0.1) is 0 Å². The summed E-state index contributed by atoms with van der Waals surface area (Å²) in [5.74, 6) is 0. The van der Waals surface area contributed by atoms with Gasteiger partial charge in [0.05, 0.1) is 50.3 Å². The van der Waals surface area contributed by atoms with E-state index in [1.807, 2.05) is 0 Å². The number of rotatable bonds is 10. The summed E-state index contributed by atoms with van der Waals surface area (Å²) in [7, 11) is 1.29. The van der Waals surface area contributed by atoms with Crippen molar-refractivity contribution in [1.29, 1.82) is 0 Å². The van der Waals surface area contributed by atoms with Gasteiger partial charge < -0.3 is 60.4 Å². The van der Waals surface area contributed by atoms with Gasteiger partial charge in [0, 0.05) is 13.2 Å². The zero-order valence-electron chi connectivity index (χ0n) is 15.5. The zero-order chi connectivity index (χ0) is 21.0. The highest BCUT2D eigenvalue weighted by molar-refractivity contribution is 5.01. The summed E-state index contributed by atoms with van der Waals surface area (Å²) in [6.07, 6.45) is -10.9. The van der Waals surface area contributed by atoms with Crippen molar-refractivity contribution < 1.29 is 55.1 Å². The average Bonchev–Trinajstić information content (AvgIpc) is 3.13. The van der Waals surface area contributed by atoms with E-state index in [0.29, 0.717) is 0 Å². The van der Waals surface area contributed by atoms with Gasteiger partial charge in [-0.25, -0.2) is 0 Å². The van der Waals surface area contributed by atoms with Crippen LogP contribution in [0.15, 0.2) is 0 Å². The summed E-state index contributed by atoms with van der Waals surface area (Å²) in [5.41, 5.74) is 0. The van der Waals surface area contributed by atoms with Gasteiger partial charge in [-0.05, 0) is 6.42 Å². The molecule has 2 rings (SSSR count). The first-order chi connectivity index (χ1) is 13.2. The molecule has 0 radical (unpaired) electrons. The van der Waals surface area contributed by atoms with Crippen LogP contribution < -0.4 is 5.32 Å². The van der Waals surface area contributed by atoms with Gasteiger partial charge in [-0.1, -0.05) is 0 Å². The molecular formula is C16H31NO11. The Morgan fingerprint density at radius 3 is 2.18 bits per heavy atom. The highest BCUT2D eigenvalue weighted by Gasteiger charge is 2.47. The molecular weight excluding hydrogens is 382 g/mol. The fourth-order valence-electron chi connectivity index (χ4n) is 3.58. The molecule has 0 saturated carbocycles. The molecule has 0 unspecified atom stereocenters. The van der Waals surface area contributed by atoms with E-state index < -0.39 is 80.4 Å². The van der Waals surface area contributed by atoms with Crippen molar-refractivity contribution in [3.8, 4) is 0 Å². The van der Waals surface area contributed by atoms with Crippen LogP contribution in [0.5, 0.6) is 0 Å². The molecule has 2 heterocycles. The lowest BCUT2D eigenvalue weighted by Crippen LogP contribution is -2.46. The number of nitrogens with one attached hydrogen (secondary N) is 1. The van der Waals surface area contributed by atoms with Crippen LogP contribution in [0.4, 0.5) is 0 Å². The Hall–Kier alpha value is -0.480. The van der Waals surface area contributed by atoms with Gasteiger partial charge in [0.2, 0.25) is 0 Å². The van der Waals surface area contributed by atoms with Gasteiger partial charge in [0.1, 0.15) is 24.4 Å². The average molecular weight is 413 g/mol. The number of hydrogen-bond donors (Lipinski definition) is 9. The van der Waals surface area contributed by atoms with Gasteiger partial charge in [-0.2, -0.15) is 0 Å². The molecule has 2 saturated heterocycles. The van der Waals surface area contributed by atoms with E-state index in [9.17, 15) is 35.7 Å². The van der Waals surface area contributed by atoms with Crippen LogP contribution in [0, 0.1) is 0 Å². The standard InChI is InChI=1S/C16H31NO11/c1-26-16-14(25)13(24)15(28-16)9(4-19)27-5-6(20)2-7-11(22)12(23)10(17-7)8(21)3-18/h6-25H,2-5H2,1H3/t6-,7-,8+,9+,10-,11-,12-,13+,14+,15-,16+/m0/s1. The summed E-state index contributed by atoms with van der Waals surface area (Å²) in [6, 6.07) is -1.71. The molecule has 166 valence electrons. The molecule has 2 aliphatic heterocycles. The van der Waals surface area contributed by atoms with Crippen LogP contribution >= 0.6 is 0 Å². The Morgan fingerprint density at radius 1 is 0.964 bits per heavy atom. The molecule has 28 heavy (non-hydrogen) atoms. The highest BCUT2D eigenvalue weighted by atomic mass is 16.7. The second-order valence-electron chi connectivity index (χ2n) is 7.16. The summed E-state index contributed by atoms with van der Waals surface area (Å²) < 4.78 is 15.6. The Morgan fingerprint density at radius 2 is 1.64 bits per heavy atom. The van der Waals surface area contributed by atoms with Crippen LogP contribution in [0.2, 0.25) is 0 Å². The third-order valence-corrected chi connectivity index (χ3v) is 5.20. The minimum atomic E-state index is -1.35. The molecule has 0 aliphatic carbocycles. The second kappa shape index (κ2) is 10.5. The molecule has 0 bridgehead atoms. The largest absolute Gasteiger partial charge is 0.394 e. The van der Waals surface area contributed by atoms with Crippen LogP contribution in [0.3, 0.4) is 0 Å². The first-order valence-electron chi connectivity index (χ1n) is 9.11. The smallest absolute Gasteiger partial charge is 0.186 e. The zero-order valence-corrected chi connectivity index (χ0v) is 15.5. The number of aliphatic hydroxyl groups is 8. The minimum absolute atomic E-state index is 0.0532. The minimum Gasteiger partial charge on any atom is -0.394 e. The monoisotopic (exact) mass is 413 g/mol. The fourth-order valence-corrected chi connectivity index (χ4v) is 3.58. The summed E-state index contributed by atoms with van der Waals surface area (Å²) in [5, 5.41) is 80.8. The predicted octanol–water partition coefficient (Wildman–Crippen LogP) is -5.38. The lowest BCUT2D eigenvalue weighted by molar-refractivity contribution is -0.178. The Kier molecular flexibility index (Phi) is 8.94. The van der Waals surface area contributed by atoms with E-state index >= 15 is 0 Å². The van der Waals surface area contributed by atoms with E-state index in [0.717, 1.165) is 0 Å². The molecule has 0 amide bonds. The van der Waals surface area contributed by atoms with Gasteiger partial charge >= 0.3 is 0 Å². The first-order valence-corrected chi connectivity index (χ1v) is 9.11. The first kappa shape index (κ1) is 23.8. The van der Waals surface area contributed by atoms with Crippen molar-refractivity contribution >= 4 is 0 Å². The summed E-state index contributed by atoms with van der Waals surface area (Å²) in [6.45, 7) is -1.44. The molecule has 9 N–H and O–H groups in total. The summed E-state index contributed by atoms with van der Waals surface area (Å²) >= 11 is 0. The molecule has 2 fully saturated rings. The van der Waals surface area contributed by atoms with Gasteiger partial charge in [0.15, 0.2) is 6.29 Å². The normalized spacial score (nSPS) is 41.9. The van der Waals surface area contributed by atoms with Crippen LogP contribution in [0.25, 0.3) is 0 Å². The lowest BCUT2D eigenvalue weighted by Gasteiger charge is -2.26. The maximum absolute atomic E-state index is 10.2. The van der Waals surface area contributed by atoms with Crippen LogP contribution in [0.1, 0.15) is 6.42 Å². The topological polar surface area (TPSA) is 202 Å². The molecule has 0 aromatic carbocycles. The fraction of sp³-hybridized carbons (Fsp3) is 1.00. The number of hydrogen-bond acceptors (Lipinski definition) is 12. The van der Waals surface area contributed by atoms with Crippen molar-refractivity contribution in [3.63, 3.8) is 0 Å². The van der Waals surface area contributed by atoms with Crippen molar-refractivity contribution in [1.82, 2.24) is 5.32 Å². The van der Waals surface area contributed by atoms with Gasteiger partial charge in [0.25, 0.3) is 0 Å². The molecule has 12 heteroatoms. The third kappa shape index (κ3) is 5.16. The van der Waals surface area contributed by atoms with E-state index in [2.05, 4.69) is 5.32 Å². The summed E-state index contributed by atoms with van der Waals surface area (Å²) in [4.78, 5) is 0. The SMILES string of the molecule is CO[C@@H]1O[C@@H]([C@@H](CO)OC[C@@H](O)C[C@@H]2N[C@@H]([C@H](O)CO)[C@H](O)[C@H]2O)[C@H](O)[C@H]1O. The number of methoxy groups -OCH3 is 1. The van der Waals surface area contributed by atoms with E-state index in [1.165, 1.54) is 7.11 Å². The van der Waals surface area contributed by atoms with Crippen LogP contribution in [-0.2, 0) is 14.2 Å². The van der Waals surface area contributed by atoms with Gasteiger partial charge in [-0.3, -0.25) is 0 Å². The Labute approximate surface area is 161 Å². The number of ether oxygens (including phenoxy) is 3. The lowest BCUT2D eigenvalue weighted by atomic mass is 10.0. The molecule has 12 nitrogen and oxygen atoms in total. The third-order valence-electron chi connectivity index (χ3n) is 5.20. The van der Waals surface area contributed by atoms with Crippen molar-refractivity contribution in [2.24, 2.45) is 0 Å². The van der Waals surface area contributed by atoms with E-state index in [1.54, 1.807) is 0 Å². The molecule has 11 atom stereocenters. The van der Waals surface area contributed by atoms with Crippen LogP contribution in [-0.4, -0.2) is 135 Å². The second-order valence-corrected chi connectivity index (χ2v) is 7.16. The van der Waals surface area contributed by atoms with Crippen molar-refractivity contribution in [3.05, 3.63) is 0 Å². The highest BCUT2D eigenvalue weighted by Crippen LogP contribution is 2.26. The maximum atomic E-state index is 10.2. The Balaban J connectivity index is 1.85. The predicted molar refractivity (Wildman–Crippen MR) is 91.0 cm³/mol.